The molecule has 0 aromatic heterocycles. The van der Waals surface area contributed by atoms with Crippen LogP contribution >= 0.6 is 0 Å². The van der Waals surface area contributed by atoms with E-state index in [1.807, 2.05) is 25.1 Å². The fourth-order valence-electron chi connectivity index (χ4n) is 1.29. The summed E-state index contributed by atoms with van der Waals surface area (Å²) in [5.41, 5.74) is 7.59. The van der Waals surface area contributed by atoms with Crippen LogP contribution in [0.3, 0.4) is 0 Å². The highest BCUT2D eigenvalue weighted by Crippen LogP contribution is 2.09. The molecule has 0 aliphatic rings. The van der Waals surface area contributed by atoms with Gasteiger partial charge in [0.1, 0.15) is 0 Å². The van der Waals surface area contributed by atoms with Crippen molar-refractivity contribution in [2.75, 3.05) is 18.4 Å². The molecule has 1 aromatic carbocycles. The number of benzene rings is 1. The van der Waals surface area contributed by atoms with Crippen LogP contribution in [0.1, 0.15) is 12.0 Å². The highest BCUT2D eigenvalue weighted by molar-refractivity contribution is 5.45. The highest BCUT2D eigenvalue weighted by Gasteiger charge is 2.01. The molecule has 14 heavy (non-hydrogen) atoms. The lowest BCUT2D eigenvalue weighted by atomic mass is 10.2. The van der Waals surface area contributed by atoms with Gasteiger partial charge in [-0.1, -0.05) is 12.1 Å². The third-order valence-electron chi connectivity index (χ3n) is 2.06. The summed E-state index contributed by atoms with van der Waals surface area (Å²) in [6.07, 6.45) is 0.277. The predicted molar refractivity (Wildman–Crippen MR) is 59.3 cm³/mol. The van der Waals surface area contributed by atoms with Crippen molar-refractivity contribution in [2.45, 2.75) is 19.4 Å². The van der Waals surface area contributed by atoms with Gasteiger partial charge in [-0.05, 0) is 37.6 Å². The van der Waals surface area contributed by atoms with Gasteiger partial charge in [-0.15, -0.1) is 0 Å². The molecule has 4 N–H and O–H groups in total. The van der Waals surface area contributed by atoms with Crippen molar-refractivity contribution >= 4 is 5.69 Å². The maximum Gasteiger partial charge on any atom is 0.0724 e. The second-order valence-electron chi connectivity index (χ2n) is 3.48. The van der Waals surface area contributed by atoms with Gasteiger partial charge in [0.2, 0.25) is 0 Å². The zero-order valence-electron chi connectivity index (χ0n) is 8.53. The Morgan fingerprint density at radius 2 is 2.29 bits per heavy atom. The Bertz CT molecular complexity index is 276. The van der Waals surface area contributed by atoms with Gasteiger partial charge >= 0.3 is 0 Å². The van der Waals surface area contributed by atoms with E-state index in [0.29, 0.717) is 19.5 Å². The van der Waals surface area contributed by atoms with Crippen LogP contribution in [-0.2, 0) is 0 Å². The molecule has 0 aliphatic heterocycles. The van der Waals surface area contributed by atoms with Crippen LogP contribution in [-0.4, -0.2) is 24.3 Å². The van der Waals surface area contributed by atoms with Crippen LogP contribution in [0.2, 0.25) is 0 Å². The molecular weight excluding hydrogens is 176 g/mol. The van der Waals surface area contributed by atoms with E-state index < -0.39 is 0 Å². The van der Waals surface area contributed by atoms with Crippen molar-refractivity contribution in [3.63, 3.8) is 0 Å². The number of nitrogens with one attached hydrogen (secondary N) is 1. The number of nitrogens with two attached hydrogens (primary N) is 1. The number of hydrogen-bond donors (Lipinski definition) is 3. The molecule has 0 radical (unpaired) electrons. The Morgan fingerprint density at radius 1 is 1.50 bits per heavy atom. The number of aliphatic hydroxyl groups is 1. The van der Waals surface area contributed by atoms with E-state index in [1.54, 1.807) is 0 Å². The van der Waals surface area contributed by atoms with Crippen LogP contribution in [0.25, 0.3) is 0 Å². The van der Waals surface area contributed by atoms with Crippen molar-refractivity contribution in [1.82, 2.24) is 0 Å². The zero-order chi connectivity index (χ0) is 10.4. The molecule has 0 saturated carbocycles. The van der Waals surface area contributed by atoms with E-state index in [2.05, 4.69) is 11.4 Å². The first-order valence-corrected chi connectivity index (χ1v) is 4.91. The highest BCUT2D eigenvalue weighted by atomic mass is 16.3. The van der Waals surface area contributed by atoms with Gasteiger partial charge in [-0.25, -0.2) is 0 Å². The average molecular weight is 194 g/mol. The van der Waals surface area contributed by atoms with Crippen LogP contribution in [0.15, 0.2) is 24.3 Å². The Hall–Kier alpha value is -1.06. The van der Waals surface area contributed by atoms with E-state index in [0.717, 1.165) is 5.69 Å². The molecule has 1 atom stereocenters. The molecule has 0 bridgehead atoms. The van der Waals surface area contributed by atoms with Crippen molar-refractivity contribution < 1.29 is 5.11 Å². The maximum atomic E-state index is 9.44. The zero-order valence-corrected chi connectivity index (χ0v) is 8.53. The van der Waals surface area contributed by atoms with Crippen molar-refractivity contribution in [2.24, 2.45) is 5.73 Å². The van der Waals surface area contributed by atoms with E-state index in [-0.39, 0.29) is 6.10 Å². The molecule has 78 valence electrons. The van der Waals surface area contributed by atoms with Crippen molar-refractivity contribution in [1.29, 1.82) is 0 Å². The lowest BCUT2D eigenvalue weighted by Gasteiger charge is -2.11. The Kier molecular flexibility index (Phi) is 4.43. The van der Waals surface area contributed by atoms with Crippen molar-refractivity contribution in [3.05, 3.63) is 29.8 Å². The standard InChI is InChI=1S/C11H18N2O/c1-9-3-2-4-10(7-9)13-8-11(14)5-6-12/h2-4,7,11,13-14H,5-6,8,12H2,1H3. The molecule has 1 unspecified atom stereocenters. The quantitative estimate of drug-likeness (QED) is 0.658. The Morgan fingerprint density at radius 3 is 2.93 bits per heavy atom. The molecular formula is C11H18N2O. The number of hydrogen-bond acceptors (Lipinski definition) is 3. The monoisotopic (exact) mass is 194 g/mol. The topological polar surface area (TPSA) is 58.3 Å². The molecule has 1 rings (SSSR count). The smallest absolute Gasteiger partial charge is 0.0724 e. The van der Waals surface area contributed by atoms with Crippen LogP contribution in [0.5, 0.6) is 0 Å². The summed E-state index contributed by atoms with van der Waals surface area (Å²) >= 11 is 0. The molecule has 0 amide bonds. The first kappa shape index (κ1) is 11.0. The lowest BCUT2D eigenvalue weighted by molar-refractivity contribution is 0.180. The van der Waals surface area contributed by atoms with Gasteiger partial charge in [0, 0.05) is 12.2 Å². The maximum absolute atomic E-state index is 9.44. The van der Waals surface area contributed by atoms with Crippen LogP contribution in [0.4, 0.5) is 5.69 Å². The van der Waals surface area contributed by atoms with Gasteiger partial charge in [0.25, 0.3) is 0 Å². The van der Waals surface area contributed by atoms with Crippen molar-refractivity contribution in [3.8, 4) is 0 Å². The second-order valence-corrected chi connectivity index (χ2v) is 3.48. The van der Waals surface area contributed by atoms with Crippen LogP contribution < -0.4 is 11.1 Å². The number of aryl methyl sites for hydroxylation is 1. The van der Waals surface area contributed by atoms with E-state index in [1.165, 1.54) is 5.56 Å². The van der Waals surface area contributed by atoms with Gasteiger partial charge in [0.15, 0.2) is 0 Å². The predicted octanol–water partition coefficient (Wildman–Crippen LogP) is 1.12. The SMILES string of the molecule is Cc1cccc(NCC(O)CCN)c1. The van der Waals surface area contributed by atoms with Gasteiger partial charge in [-0.2, -0.15) is 0 Å². The minimum absolute atomic E-state index is 0.361. The Balaban J connectivity index is 2.37. The number of anilines is 1. The first-order valence-electron chi connectivity index (χ1n) is 4.91. The van der Waals surface area contributed by atoms with E-state index in [4.69, 9.17) is 5.73 Å². The van der Waals surface area contributed by atoms with E-state index in [9.17, 15) is 5.11 Å². The van der Waals surface area contributed by atoms with E-state index >= 15 is 0 Å². The summed E-state index contributed by atoms with van der Waals surface area (Å²) in [5, 5.41) is 12.6. The number of aliphatic hydroxyl groups excluding tert-OH is 1. The fraction of sp³-hybridized carbons (Fsp3) is 0.455. The largest absolute Gasteiger partial charge is 0.391 e. The van der Waals surface area contributed by atoms with Gasteiger partial charge in [0.05, 0.1) is 6.10 Å². The summed E-state index contributed by atoms with van der Waals surface area (Å²) in [5.74, 6) is 0. The molecule has 1 aromatic rings. The van der Waals surface area contributed by atoms with Gasteiger partial charge in [-0.3, -0.25) is 0 Å². The summed E-state index contributed by atoms with van der Waals surface area (Å²) in [6.45, 7) is 3.12. The molecule has 0 aliphatic carbocycles. The molecule has 3 heteroatoms. The lowest BCUT2D eigenvalue weighted by Crippen LogP contribution is -2.22. The summed E-state index contributed by atoms with van der Waals surface area (Å²) in [7, 11) is 0. The third-order valence-corrected chi connectivity index (χ3v) is 2.06. The van der Waals surface area contributed by atoms with Gasteiger partial charge < -0.3 is 16.2 Å². The molecule has 0 spiro atoms. The minimum Gasteiger partial charge on any atom is -0.391 e. The summed E-state index contributed by atoms with van der Waals surface area (Å²) < 4.78 is 0. The third kappa shape index (κ3) is 3.77. The number of rotatable bonds is 5. The molecule has 0 fully saturated rings. The molecule has 0 heterocycles. The van der Waals surface area contributed by atoms with Crippen LogP contribution in [0, 0.1) is 6.92 Å². The normalized spacial score (nSPS) is 12.5. The average Bonchev–Trinajstić information content (AvgIpc) is 2.15. The Labute approximate surface area is 84.9 Å². The fourth-order valence-corrected chi connectivity index (χ4v) is 1.29. The minimum atomic E-state index is -0.361. The summed E-state index contributed by atoms with van der Waals surface area (Å²) in [6, 6.07) is 8.08. The first-order chi connectivity index (χ1) is 6.72. The molecule has 0 saturated heterocycles. The molecule has 3 nitrogen and oxygen atoms in total. The summed E-state index contributed by atoms with van der Waals surface area (Å²) in [4.78, 5) is 0. The second kappa shape index (κ2) is 5.62.